The van der Waals surface area contributed by atoms with E-state index in [1.807, 2.05) is 0 Å². The molecule has 3 rings (SSSR count). The molecule has 0 aliphatic carbocycles. The van der Waals surface area contributed by atoms with Gasteiger partial charge in [-0.2, -0.15) is 22.0 Å². The zero-order valence-corrected chi connectivity index (χ0v) is 15.9. The standard InChI is InChI=1S/C18H15BrF5N3O/c19-14-9-11(10-25-15(14)27-7-1-2-8-27)16(28)26-13-5-3-12(4-6-13)17(20,21)18(22,23)24/h3-6,9-10H,1-2,7-8H2,(H,26,28). The molecule has 0 bridgehead atoms. The third-order valence-corrected chi connectivity index (χ3v) is 4.93. The summed E-state index contributed by atoms with van der Waals surface area (Å²) >= 11 is 3.39. The topological polar surface area (TPSA) is 45.2 Å². The Balaban J connectivity index is 1.72. The molecule has 0 unspecified atom stereocenters. The highest BCUT2D eigenvalue weighted by molar-refractivity contribution is 9.10. The third kappa shape index (κ3) is 4.11. The predicted molar refractivity (Wildman–Crippen MR) is 97.7 cm³/mol. The maximum atomic E-state index is 13.3. The molecule has 2 heterocycles. The predicted octanol–water partition coefficient (Wildman–Crippen LogP) is 5.35. The van der Waals surface area contributed by atoms with Crippen LogP contribution in [0, 0.1) is 0 Å². The number of pyridine rings is 1. The molecule has 1 fully saturated rings. The molecule has 4 nitrogen and oxygen atoms in total. The third-order valence-electron chi connectivity index (χ3n) is 4.35. The molecule has 1 saturated heterocycles. The van der Waals surface area contributed by atoms with Gasteiger partial charge in [-0.1, -0.05) is 12.1 Å². The summed E-state index contributed by atoms with van der Waals surface area (Å²) in [5, 5.41) is 2.45. The second-order valence-electron chi connectivity index (χ2n) is 6.33. The average molecular weight is 464 g/mol. The van der Waals surface area contributed by atoms with Gasteiger partial charge in [0, 0.05) is 30.5 Å². The molecule has 2 aromatic rings. The highest BCUT2D eigenvalue weighted by Gasteiger charge is 2.58. The van der Waals surface area contributed by atoms with E-state index in [9.17, 15) is 26.7 Å². The lowest BCUT2D eigenvalue weighted by Crippen LogP contribution is -2.33. The molecule has 0 saturated carbocycles. The molecule has 150 valence electrons. The number of hydrogen-bond donors (Lipinski definition) is 1. The zero-order valence-electron chi connectivity index (χ0n) is 14.4. The van der Waals surface area contributed by atoms with E-state index < -0.39 is 23.6 Å². The second-order valence-corrected chi connectivity index (χ2v) is 7.18. The smallest absolute Gasteiger partial charge is 0.356 e. The largest absolute Gasteiger partial charge is 0.458 e. The number of halogens is 6. The first-order chi connectivity index (χ1) is 13.1. The fourth-order valence-electron chi connectivity index (χ4n) is 2.85. The summed E-state index contributed by atoms with van der Waals surface area (Å²) in [5.41, 5.74) is -0.886. The Bertz CT molecular complexity index is 865. The van der Waals surface area contributed by atoms with Crippen LogP contribution in [0.25, 0.3) is 0 Å². The maximum absolute atomic E-state index is 13.3. The number of aromatic nitrogens is 1. The second kappa shape index (κ2) is 7.65. The normalized spacial score (nSPS) is 15.0. The minimum absolute atomic E-state index is 0.0893. The van der Waals surface area contributed by atoms with Crippen LogP contribution in [0.5, 0.6) is 0 Å². The quantitative estimate of drug-likeness (QED) is 0.621. The number of anilines is 2. The number of amides is 1. The van der Waals surface area contributed by atoms with Crippen molar-refractivity contribution in [2.75, 3.05) is 23.3 Å². The highest BCUT2D eigenvalue weighted by atomic mass is 79.9. The summed E-state index contributed by atoms with van der Waals surface area (Å²) in [5.74, 6) is -4.79. The van der Waals surface area contributed by atoms with Gasteiger partial charge in [0.15, 0.2) is 0 Å². The molecule has 1 amide bonds. The van der Waals surface area contributed by atoms with Gasteiger partial charge in [0.05, 0.1) is 10.0 Å². The molecule has 1 aromatic carbocycles. The van der Waals surface area contributed by atoms with Gasteiger partial charge in [-0.05, 0) is 47.0 Å². The summed E-state index contributed by atoms with van der Waals surface area (Å²) in [4.78, 5) is 18.7. The molecule has 1 aliphatic heterocycles. The van der Waals surface area contributed by atoms with E-state index in [-0.39, 0.29) is 11.3 Å². The lowest BCUT2D eigenvalue weighted by atomic mass is 10.1. The summed E-state index contributed by atoms with van der Waals surface area (Å²) in [6.07, 6.45) is -2.16. The van der Waals surface area contributed by atoms with Gasteiger partial charge in [0.2, 0.25) is 0 Å². The van der Waals surface area contributed by atoms with E-state index in [0.717, 1.165) is 43.9 Å². The van der Waals surface area contributed by atoms with Crippen molar-refractivity contribution < 1.29 is 26.7 Å². The first-order valence-electron chi connectivity index (χ1n) is 8.36. The number of benzene rings is 1. The van der Waals surface area contributed by atoms with Crippen molar-refractivity contribution in [2.45, 2.75) is 24.9 Å². The molecule has 0 atom stereocenters. The Hall–Kier alpha value is -2.23. The van der Waals surface area contributed by atoms with Crippen molar-refractivity contribution in [3.05, 3.63) is 52.1 Å². The first kappa shape index (κ1) is 20.5. The summed E-state index contributed by atoms with van der Waals surface area (Å²) in [6.45, 7) is 1.76. The number of nitrogens with zero attached hydrogens (tertiary/aromatic N) is 2. The van der Waals surface area contributed by atoms with Gasteiger partial charge in [-0.3, -0.25) is 4.79 Å². The van der Waals surface area contributed by atoms with Crippen LogP contribution in [0.2, 0.25) is 0 Å². The maximum Gasteiger partial charge on any atom is 0.458 e. The zero-order chi connectivity index (χ0) is 20.5. The van der Waals surface area contributed by atoms with Gasteiger partial charge in [-0.15, -0.1) is 0 Å². The van der Waals surface area contributed by atoms with Crippen LogP contribution in [-0.2, 0) is 5.92 Å². The monoisotopic (exact) mass is 463 g/mol. The highest BCUT2D eigenvalue weighted by Crippen LogP contribution is 2.43. The van der Waals surface area contributed by atoms with Crippen LogP contribution in [0.15, 0.2) is 41.0 Å². The molecule has 1 N–H and O–H groups in total. The Morgan fingerprint density at radius 2 is 1.68 bits per heavy atom. The van der Waals surface area contributed by atoms with Crippen molar-refractivity contribution in [1.82, 2.24) is 4.98 Å². The van der Waals surface area contributed by atoms with Crippen LogP contribution < -0.4 is 10.2 Å². The van der Waals surface area contributed by atoms with Crippen LogP contribution in [-0.4, -0.2) is 30.2 Å². The molecule has 28 heavy (non-hydrogen) atoms. The number of carbonyl (C=O) groups excluding carboxylic acids is 1. The Morgan fingerprint density at radius 3 is 2.21 bits per heavy atom. The average Bonchev–Trinajstić information content (AvgIpc) is 3.15. The van der Waals surface area contributed by atoms with E-state index in [1.165, 1.54) is 6.20 Å². The van der Waals surface area contributed by atoms with Crippen molar-refractivity contribution in [1.29, 1.82) is 0 Å². The van der Waals surface area contributed by atoms with Crippen LogP contribution in [0.4, 0.5) is 33.5 Å². The number of alkyl halides is 5. The van der Waals surface area contributed by atoms with Gasteiger partial charge in [0.1, 0.15) is 5.82 Å². The minimum Gasteiger partial charge on any atom is -0.356 e. The number of nitrogens with one attached hydrogen (secondary N) is 1. The number of carbonyl (C=O) groups is 1. The van der Waals surface area contributed by atoms with Crippen LogP contribution in [0.1, 0.15) is 28.8 Å². The van der Waals surface area contributed by atoms with Crippen LogP contribution >= 0.6 is 15.9 Å². The summed E-state index contributed by atoms with van der Waals surface area (Å²) < 4.78 is 64.4. The fourth-order valence-corrected chi connectivity index (χ4v) is 3.45. The SMILES string of the molecule is O=C(Nc1ccc(C(F)(F)C(F)(F)F)cc1)c1cnc(N2CCCC2)c(Br)c1. The van der Waals surface area contributed by atoms with Crippen molar-refractivity contribution in [3.63, 3.8) is 0 Å². The van der Waals surface area contributed by atoms with Crippen LogP contribution in [0.3, 0.4) is 0 Å². The molecule has 1 aromatic heterocycles. The Labute approximate surface area is 165 Å². The van der Waals surface area contributed by atoms with E-state index in [0.29, 0.717) is 16.6 Å². The van der Waals surface area contributed by atoms with E-state index >= 15 is 0 Å². The summed E-state index contributed by atoms with van der Waals surface area (Å²) in [7, 11) is 0. The molecule has 0 spiro atoms. The molecule has 10 heteroatoms. The van der Waals surface area contributed by atoms with Gasteiger partial charge in [0.25, 0.3) is 5.91 Å². The minimum atomic E-state index is -5.69. The van der Waals surface area contributed by atoms with E-state index in [2.05, 4.69) is 31.1 Å². The van der Waals surface area contributed by atoms with Crippen molar-refractivity contribution in [2.24, 2.45) is 0 Å². The van der Waals surface area contributed by atoms with E-state index in [4.69, 9.17) is 0 Å². The van der Waals surface area contributed by atoms with Gasteiger partial charge >= 0.3 is 12.1 Å². The van der Waals surface area contributed by atoms with Gasteiger partial charge < -0.3 is 10.2 Å². The molecule has 1 aliphatic rings. The van der Waals surface area contributed by atoms with Crippen molar-refractivity contribution >= 4 is 33.3 Å². The molecular formula is C18H15BrF5N3O. The summed E-state index contributed by atoms with van der Waals surface area (Å²) in [6, 6.07) is 4.84. The first-order valence-corrected chi connectivity index (χ1v) is 9.16. The number of hydrogen-bond acceptors (Lipinski definition) is 3. The Morgan fingerprint density at radius 1 is 1.07 bits per heavy atom. The Kier molecular flexibility index (Phi) is 5.60. The molecular weight excluding hydrogens is 449 g/mol. The molecule has 0 radical (unpaired) electrons. The number of rotatable bonds is 4. The fraction of sp³-hybridized carbons (Fsp3) is 0.333. The van der Waals surface area contributed by atoms with E-state index in [1.54, 1.807) is 6.07 Å². The lowest BCUT2D eigenvalue weighted by molar-refractivity contribution is -0.289. The van der Waals surface area contributed by atoms with Gasteiger partial charge in [-0.25, -0.2) is 4.98 Å². The lowest BCUT2D eigenvalue weighted by Gasteiger charge is -2.20. The van der Waals surface area contributed by atoms with Crippen molar-refractivity contribution in [3.8, 4) is 0 Å².